The highest BCUT2D eigenvalue weighted by Crippen LogP contribution is 2.27. The maximum absolute atomic E-state index is 13.5. The number of nitrogens with one attached hydrogen (secondary N) is 2. The number of aromatic nitrogens is 2. The number of imidazole rings is 1. The minimum atomic E-state index is -0.401. The zero-order valence-corrected chi connectivity index (χ0v) is 16.9. The van der Waals surface area contributed by atoms with E-state index in [4.69, 9.17) is 4.98 Å². The molecule has 1 aliphatic carbocycles. The third-order valence-corrected chi connectivity index (χ3v) is 5.93. The molecule has 1 saturated carbocycles. The normalized spacial score (nSPS) is 18.9. The van der Waals surface area contributed by atoms with Crippen molar-refractivity contribution in [2.75, 3.05) is 31.1 Å². The summed E-state index contributed by atoms with van der Waals surface area (Å²) in [4.78, 5) is 25.7. The third-order valence-electron chi connectivity index (χ3n) is 5.93. The second kappa shape index (κ2) is 8.07. The van der Waals surface area contributed by atoms with Crippen LogP contribution in [0.15, 0.2) is 48.5 Å². The van der Waals surface area contributed by atoms with Gasteiger partial charge in [0.2, 0.25) is 11.9 Å². The van der Waals surface area contributed by atoms with Crippen LogP contribution in [-0.4, -0.2) is 53.0 Å². The van der Waals surface area contributed by atoms with Crippen molar-refractivity contribution in [1.82, 2.24) is 20.2 Å². The van der Waals surface area contributed by atoms with Crippen molar-refractivity contribution in [2.45, 2.75) is 31.3 Å². The number of amides is 1. The maximum atomic E-state index is 13.5. The molecule has 156 valence electrons. The number of carbonyl (C=O) groups excluding carboxylic acids is 1. The van der Waals surface area contributed by atoms with Crippen LogP contribution >= 0.6 is 0 Å². The highest BCUT2D eigenvalue weighted by atomic mass is 19.1. The summed E-state index contributed by atoms with van der Waals surface area (Å²) >= 11 is 0. The maximum Gasteiger partial charge on any atom is 0.242 e. The number of hydrogen-bond donors (Lipinski definition) is 2. The van der Waals surface area contributed by atoms with E-state index in [1.54, 1.807) is 12.1 Å². The van der Waals surface area contributed by atoms with E-state index in [9.17, 15) is 9.18 Å². The van der Waals surface area contributed by atoms with Crippen LogP contribution in [-0.2, 0) is 4.79 Å². The number of hydrogen-bond acceptors (Lipinski definition) is 4. The van der Waals surface area contributed by atoms with Gasteiger partial charge in [-0.15, -0.1) is 0 Å². The lowest BCUT2D eigenvalue weighted by Gasteiger charge is -2.30. The van der Waals surface area contributed by atoms with Crippen molar-refractivity contribution >= 4 is 22.9 Å². The summed E-state index contributed by atoms with van der Waals surface area (Å²) in [6, 6.07) is 14.2. The van der Waals surface area contributed by atoms with Crippen molar-refractivity contribution in [3.63, 3.8) is 0 Å². The fourth-order valence-corrected chi connectivity index (χ4v) is 4.18. The summed E-state index contributed by atoms with van der Waals surface area (Å²) in [5.74, 6) is 0.604. The van der Waals surface area contributed by atoms with Crippen LogP contribution < -0.4 is 10.2 Å². The average molecular weight is 407 g/mol. The summed E-state index contributed by atoms with van der Waals surface area (Å²) in [7, 11) is 0. The van der Waals surface area contributed by atoms with Gasteiger partial charge in [0.25, 0.3) is 0 Å². The predicted octanol–water partition coefficient (Wildman–Crippen LogP) is 3.23. The van der Waals surface area contributed by atoms with Gasteiger partial charge < -0.3 is 15.2 Å². The molecule has 7 heteroatoms. The second-order valence-electron chi connectivity index (χ2n) is 8.19. The van der Waals surface area contributed by atoms with Crippen molar-refractivity contribution in [1.29, 1.82) is 0 Å². The molecule has 1 saturated heterocycles. The van der Waals surface area contributed by atoms with Crippen LogP contribution in [0.4, 0.5) is 10.3 Å². The minimum Gasteiger partial charge on any atom is -0.352 e. The molecule has 3 aromatic rings. The van der Waals surface area contributed by atoms with Crippen molar-refractivity contribution < 1.29 is 9.18 Å². The Balaban J connectivity index is 1.35. The van der Waals surface area contributed by atoms with Gasteiger partial charge in [-0.1, -0.05) is 24.3 Å². The number of rotatable bonds is 5. The fourth-order valence-electron chi connectivity index (χ4n) is 4.18. The molecule has 2 fully saturated rings. The third kappa shape index (κ3) is 4.03. The van der Waals surface area contributed by atoms with E-state index in [1.807, 2.05) is 24.3 Å². The lowest BCUT2D eigenvalue weighted by Crippen LogP contribution is -2.43. The van der Waals surface area contributed by atoms with Gasteiger partial charge in [-0.3, -0.25) is 9.69 Å². The van der Waals surface area contributed by atoms with E-state index in [0.29, 0.717) is 6.04 Å². The van der Waals surface area contributed by atoms with Gasteiger partial charge in [-0.2, -0.15) is 0 Å². The van der Waals surface area contributed by atoms with Crippen LogP contribution in [0, 0.1) is 5.82 Å². The Morgan fingerprint density at radius 3 is 2.63 bits per heavy atom. The number of para-hydroxylation sites is 2. The Morgan fingerprint density at radius 2 is 1.87 bits per heavy atom. The summed E-state index contributed by atoms with van der Waals surface area (Å²) in [5, 5.41) is 3.14. The van der Waals surface area contributed by atoms with Crippen molar-refractivity contribution in [3.05, 3.63) is 59.9 Å². The number of carbonyl (C=O) groups is 1. The van der Waals surface area contributed by atoms with Crippen LogP contribution in [0.3, 0.4) is 0 Å². The fraction of sp³-hybridized carbons (Fsp3) is 0.391. The Hall–Kier alpha value is -2.93. The number of fused-ring (bicyclic) bond motifs is 1. The smallest absolute Gasteiger partial charge is 0.242 e. The first-order chi connectivity index (χ1) is 14.7. The summed E-state index contributed by atoms with van der Waals surface area (Å²) in [5.41, 5.74) is 2.83. The molecule has 0 radical (unpaired) electrons. The SMILES string of the molecule is O=C(NC1CC1)C(c1ccc(F)cc1)N1CCCN(c2nc3ccccc3[nH]2)CC1. The highest BCUT2D eigenvalue weighted by Gasteiger charge is 2.33. The predicted molar refractivity (Wildman–Crippen MR) is 115 cm³/mol. The number of benzene rings is 2. The zero-order chi connectivity index (χ0) is 20.5. The second-order valence-corrected chi connectivity index (χ2v) is 8.19. The molecule has 2 aromatic carbocycles. The first kappa shape index (κ1) is 19.1. The lowest BCUT2D eigenvalue weighted by molar-refractivity contribution is -0.126. The molecule has 1 atom stereocenters. The topological polar surface area (TPSA) is 64.3 Å². The molecule has 2 N–H and O–H groups in total. The molecular weight excluding hydrogens is 381 g/mol. The van der Waals surface area contributed by atoms with Crippen LogP contribution in [0.1, 0.15) is 30.9 Å². The first-order valence-electron chi connectivity index (χ1n) is 10.7. The molecule has 1 aliphatic heterocycles. The monoisotopic (exact) mass is 407 g/mol. The van der Waals surface area contributed by atoms with Gasteiger partial charge in [0.05, 0.1) is 11.0 Å². The molecule has 1 aromatic heterocycles. The Kier molecular flexibility index (Phi) is 5.12. The molecule has 1 unspecified atom stereocenters. The standard InChI is InChI=1S/C23H26FN5O/c24-17-8-6-16(7-9-17)21(22(30)25-18-10-11-18)28-12-3-13-29(15-14-28)23-26-19-4-1-2-5-20(19)27-23/h1-2,4-9,18,21H,3,10-15H2,(H,25,30)(H,26,27). The molecule has 2 aliphatic rings. The number of halogens is 1. The van der Waals surface area contributed by atoms with E-state index >= 15 is 0 Å². The van der Waals surface area contributed by atoms with E-state index < -0.39 is 6.04 Å². The molecule has 6 nitrogen and oxygen atoms in total. The van der Waals surface area contributed by atoms with Gasteiger partial charge in [0.1, 0.15) is 11.9 Å². The number of H-pyrrole nitrogens is 1. The van der Waals surface area contributed by atoms with E-state index in [-0.39, 0.29) is 11.7 Å². The van der Waals surface area contributed by atoms with E-state index in [2.05, 4.69) is 20.1 Å². The van der Waals surface area contributed by atoms with E-state index in [0.717, 1.165) is 68.0 Å². The van der Waals surface area contributed by atoms with Gasteiger partial charge in [-0.05, 0) is 49.1 Å². The highest BCUT2D eigenvalue weighted by molar-refractivity contribution is 5.83. The van der Waals surface area contributed by atoms with Gasteiger partial charge in [-0.25, -0.2) is 9.37 Å². The van der Waals surface area contributed by atoms with Crippen molar-refractivity contribution in [2.24, 2.45) is 0 Å². The Labute approximate surface area is 175 Å². The average Bonchev–Trinajstić information content (AvgIpc) is 3.50. The summed E-state index contributed by atoms with van der Waals surface area (Å²) in [6.45, 7) is 3.18. The van der Waals surface area contributed by atoms with Gasteiger partial charge >= 0.3 is 0 Å². The zero-order valence-electron chi connectivity index (χ0n) is 16.9. The van der Waals surface area contributed by atoms with Crippen LogP contribution in [0.25, 0.3) is 11.0 Å². The molecular formula is C23H26FN5O. The molecule has 0 bridgehead atoms. The van der Waals surface area contributed by atoms with E-state index in [1.165, 1.54) is 12.1 Å². The molecule has 30 heavy (non-hydrogen) atoms. The number of aromatic amines is 1. The van der Waals surface area contributed by atoms with Crippen LogP contribution in [0.2, 0.25) is 0 Å². The van der Waals surface area contributed by atoms with Crippen LogP contribution in [0.5, 0.6) is 0 Å². The molecule has 2 heterocycles. The lowest BCUT2D eigenvalue weighted by atomic mass is 10.0. The van der Waals surface area contributed by atoms with Gasteiger partial charge in [0, 0.05) is 32.2 Å². The molecule has 1 amide bonds. The Bertz CT molecular complexity index is 997. The summed E-state index contributed by atoms with van der Waals surface area (Å²) < 4.78 is 13.5. The number of nitrogens with zero attached hydrogens (tertiary/aromatic N) is 3. The molecule has 0 spiro atoms. The minimum absolute atomic E-state index is 0.0151. The number of anilines is 1. The quantitative estimate of drug-likeness (QED) is 0.682. The van der Waals surface area contributed by atoms with Gasteiger partial charge in [0.15, 0.2) is 0 Å². The molecule has 5 rings (SSSR count). The Morgan fingerprint density at radius 1 is 1.07 bits per heavy atom. The van der Waals surface area contributed by atoms with Crippen molar-refractivity contribution in [3.8, 4) is 0 Å². The first-order valence-corrected chi connectivity index (χ1v) is 10.7. The summed E-state index contributed by atoms with van der Waals surface area (Å²) in [6.07, 6.45) is 3.01. The largest absolute Gasteiger partial charge is 0.352 e.